The lowest BCUT2D eigenvalue weighted by molar-refractivity contribution is 0.283. The van der Waals surface area contributed by atoms with E-state index in [1.165, 1.54) is 5.56 Å². The molecule has 2 aromatic rings. The molecule has 0 bridgehead atoms. The lowest BCUT2D eigenvalue weighted by atomic mass is 10.2. The maximum atomic E-state index is 4.52. The molecule has 1 fully saturated rings. The molecule has 1 aromatic carbocycles. The third-order valence-corrected chi connectivity index (χ3v) is 4.12. The number of nitrogens with one attached hydrogen (secondary N) is 1. The summed E-state index contributed by atoms with van der Waals surface area (Å²) in [4.78, 5) is 9.22. The van der Waals surface area contributed by atoms with Crippen molar-refractivity contribution >= 4 is 17.8 Å². The molecule has 6 heteroatoms. The molecule has 1 aliphatic heterocycles. The van der Waals surface area contributed by atoms with Crippen LogP contribution in [0.15, 0.2) is 55.3 Å². The van der Waals surface area contributed by atoms with Crippen molar-refractivity contribution in [1.82, 2.24) is 20.1 Å². The van der Waals surface area contributed by atoms with Crippen LogP contribution in [0.2, 0.25) is 0 Å². The highest BCUT2D eigenvalue weighted by Gasteiger charge is 2.17. The smallest absolute Gasteiger partial charge is 0.244 e. The number of hydrogen-bond donors (Lipinski definition) is 1. The molecule has 0 spiro atoms. The zero-order chi connectivity index (χ0) is 17.3. The summed E-state index contributed by atoms with van der Waals surface area (Å²) in [6, 6.07) is 10.4. The van der Waals surface area contributed by atoms with Crippen molar-refractivity contribution in [2.24, 2.45) is 0 Å². The molecule has 1 N–H and O–H groups in total. The Bertz CT molecular complexity index is 692. The summed E-state index contributed by atoms with van der Waals surface area (Å²) in [6.45, 7) is 9.19. The Morgan fingerprint density at radius 3 is 2.68 bits per heavy atom. The Labute approximate surface area is 148 Å². The van der Waals surface area contributed by atoms with Gasteiger partial charge in [0.15, 0.2) is 5.82 Å². The number of benzene rings is 1. The van der Waals surface area contributed by atoms with Gasteiger partial charge >= 0.3 is 0 Å². The van der Waals surface area contributed by atoms with E-state index in [1.807, 2.05) is 6.07 Å². The van der Waals surface area contributed by atoms with Crippen molar-refractivity contribution in [2.45, 2.75) is 0 Å². The summed E-state index contributed by atoms with van der Waals surface area (Å²) < 4.78 is 0. The number of rotatable bonds is 7. The molecular weight excluding hydrogens is 312 g/mol. The van der Waals surface area contributed by atoms with E-state index in [2.05, 4.69) is 73.3 Å². The zero-order valence-electron chi connectivity index (χ0n) is 14.4. The third-order valence-electron chi connectivity index (χ3n) is 4.12. The van der Waals surface area contributed by atoms with Crippen LogP contribution in [0.3, 0.4) is 0 Å². The number of piperazine rings is 1. The molecule has 0 radical (unpaired) electrons. The van der Waals surface area contributed by atoms with E-state index in [0.29, 0.717) is 12.5 Å². The van der Waals surface area contributed by atoms with Crippen LogP contribution in [0.4, 0.5) is 11.8 Å². The zero-order valence-corrected chi connectivity index (χ0v) is 14.4. The van der Waals surface area contributed by atoms with Crippen molar-refractivity contribution in [2.75, 3.05) is 49.5 Å². The summed E-state index contributed by atoms with van der Waals surface area (Å²) in [6.07, 6.45) is 7.91. The molecule has 130 valence electrons. The fourth-order valence-corrected chi connectivity index (χ4v) is 2.75. The molecule has 1 aromatic heterocycles. The summed E-state index contributed by atoms with van der Waals surface area (Å²) in [5.41, 5.74) is 1.24. The van der Waals surface area contributed by atoms with Gasteiger partial charge in [-0.05, 0) is 5.56 Å². The minimum atomic E-state index is 0.547. The van der Waals surface area contributed by atoms with Gasteiger partial charge in [0.25, 0.3) is 0 Å². The molecule has 0 unspecified atom stereocenters. The molecule has 0 saturated carbocycles. The molecule has 0 amide bonds. The Morgan fingerprint density at radius 1 is 1.12 bits per heavy atom. The van der Waals surface area contributed by atoms with Gasteiger partial charge in [-0.1, -0.05) is 48.6 Å². The second-order valence-electron chi connectivity index (χ2n) is 5.91. The lowest BCUT2D eigenvalue weighted by Crippen LogP contribution is -2.46. The molecular formula is C19H24N6. The van der Waals surface area contributed by atoms with Gasteiger partial charge in [-0.2, -0.15) is 10.1 Å². The summed E-state index contributed by atoms with van der Waals surface area (Å²) in [5.74, 6) is 1.42. The van der Waals surface area contributed by atoms with Gasteiger partial charge in [-0.15, -0.1) is 11.7 Å². The molecule has 1 saturated heterocycles. The van der Waals surface area contributed by atoms with E-state index in [4.69, 9.17) is 0 Å². The fourth-order valence-electron chi connectivity index (χ4n) is 2.75. The van der Waals surface area contributed by atoms with E-state index < -0.39 is 0 Å². The van der Waals surface area contributed by atoms with Crippen LogP contribution in [-0.2, 0) is 0 Å². The van der Waals surface area contributed by atoms with Gasteiger partial charge in [-0.3, -0.25) is 4.90 Å². The highest BCUT2D eigenvalue weighted by atomic mass is 15.3. The van der Waals surface area contributed by atoms with Crippen LogP contribution in [0.1, 0.15) is 5.56 Å². The monoisotopic (exact) mass is 336 g/mol. The average molecular weight is 336 g/mol. The summed E-state index contributed by atoms with van der Waals surface area (Å²) in [5, 5.41) is 11.1. The summed E-state index contributed by atoms with van der Waals surface area (Å²) in [7, 11) is 0. The standard InChI is InChI=1S/C19H24N6/c1-2-10-20-19-22-18(16-21-23-19)25-14-12-24(13-15-25)11-6-9-17-7-4-3-5-8-17/h2-9,16H,1,10-15H2,(H,20,22,23)/b9-6+. The molecule has 25 heavy (non-hydrogen) atoms. The van der Waals surface area contributed by atoms with Crippen LogP contribution >= 0.6 is 0 Å². The second-order valence-corrected chi connectivity index (χ2v) is 5.91. The molecule has 6 nitrogen and oxygen atoms in total. The first kappa shape index (κ1) is 17.1. The van der Waals surface area contributed by atoms with Crippen molar-refractivity contribution < 1.29 is 0 Å². The molecule has 0 aliphatic carbocycles. The van der Waals surface area contributed by atoms with Crippen molar-refractivity contribution in [1.29, 1.82) is 0 Å². The van der Waals surface area contributed by atoms with Crippen molar-refractivity contribution in [3.63, 3.8) is 0 Å². The number of nitrogens with zero attached hydrogens (tertiary/aromatic N) is 5. The quantitative estimate of drug-likeness (QED) is 0.783. The van der Waals surface area contributed by atoms with Crippen LogP contribution in [0, 0.1) is 0 Å². The van der Waals surface area contributed by atoms with Gasteiger partial charge < -0.3 is 10.2 Å². The van der Waals surface area contributed by atoms with E-state index in [1.54, 1.807) is 12.3 Å². The first-order chi connectivity index (χ1) is 12.3. The van der Waals surface area contributed by atoms with Gasteiger partial charge in [0, 0.05) is 39.3 Å². The first-order valence-corrected chi connectivity index (χ1v) is 8.58. The number of aromatic nitrogens is 3. The number of anilines is 2. The molecule has 0 atom stereocenters. The van der Waals surface area contributed by atoms with Crippen LogP contribution < -0.4 is 10.2 Å². The minimum absolute atomic E-state index is 0.547. The predicted molar refractivity (Wildman–Crippen MR) is 103 cm³/mol. The SMILES string of the molecule is C=CCNc1nncc(N2CCN(C/C=C/c3ccccc3)CC2)n1. The Morgan fingerprint density at radius 2 is 1.92 bits per heavy atom. The summed E-state index contributed by atoms with van der Waals surface area (Å²) >= 11 is 0. The maximum Gasteiger partial charge on any atom is 0.244 e. The predicted octanol–water partition coefficient (Wildman–Crippen LogP) is 2.30. The normalized spacial score (nSPS) is 15.4. The van der Waals surface area contributed by atoms with E-state index in [-0.39, 0.29) is 0 Å². The van der Waals surface area contributed by atoms with Gasteiger partial charge in [0.1, 0.15) is 0 Å². The fraction of sp³-hybridized carbons (Fsp3) is 0.316. The topological polar surface area (TPSA) is 57.2 Å². The highest BCUT2D eigenvalue weighted by molar-refractivity contribution is 5.48. The minimum Gasteiger partial charge on any atom is -0.353 e. The highest BCUT2D eigenvalue weighted by Crippen LogP contribution is 2.13. The van der Waals surface area contributed by atoms with E-state index >= 15 is 0 Å². The Kier molecular flexibility index (Phi) is 6.11. The van der Waals surface area contributed by atoms with Crippen LogP contribution in [0.5, 0.6) is 0 Å². The third kappa shape index (κ3) is 5.12. The maximum absolute atomic E-state index is 4.52. The Balaban J connectivity index is 1.48. The van der Waals surface area contributed by atoms with E-state index in [9.17, 15) is 0 Å². The van der Waals surface area contributed by atoms with Crippen molar-refractivity contribution in [3.8, 4) is 0 Å². The number of hydrogen-bond acceptors (Lipinski definition) is 6. The van der Waals surface area contributed by atoms with Gasteiger partial charge in [-0.25, -0.2) is 0 Å². The average Bonchev–Trinajstić information content (AvgIpc) is 2.68. The van der Waals surface area contributed by atoms with E-state index in [0.717, 1.165) is 38.5 Å². The van der Waals surface area contributed by atoms with Crippen LogP contribution in [-0.4, -0.2) is 59.3 Å². The van der Waals surface area contributed by atoms with Gasteiger partial charge in [0.05, 0.1) is 6.20 Å². The van der Waals surface area contributed by atoms with Gasteiger partial charge in [0.2, 0.25) is 5.95 Å². The Hall–Kier alpha value is -2.73. The molecule has 2 heterocycles. The lowest BCUT2D eigenvalue weighted by Gasteiger charge is -2.34. The molecule has 3 rings (SSSR count). The largest absolute Gasteiger partial charge is 0.353 e. The first-order valence-electron chi connectivity index (χ1n) is 8.58. The molecule has 1 aliphatic rings. The second kappa shape index (κ2) is 8.94. The van der Waals surface area contributed by atoms with Crippen molar-refractivity contribution in [3.05, 3.63) is 60.8 Å². The van der Waals surface area contributed by atoms with Crippen LogP contribution in [0.25, 0.3) is 6.08 Å².